The molecule has 3 N–H and O–H groups in total. The molecule has 0 radical (unpaired) electrons. The average Bonchev–Trinajstić information content (AvgIpc) is 2.93. The van der Waals surface area contributed by atoms with Gasteiger partial charge in [-0.1, -0.05) is 6.92 Å². The molecular formula is C17H21N5O4S. The van der Waals surface area contributed by atoms with Gasteiger partial charge in [0.25, 0.3) is 11.5 Å². The van der Waals surface area contributed by atoms with Crippen molar-refractivity contribution in [2.45, 2.75) is 13.0 Å². The number of aromatic hydroxyl groups is 1. The molecule has 1 aromatic carbocycles. The minimum Gasteiger partial charge on any atom is -0.506 e. The summed E-state index contributed by atoms with van der Waals surface area (Å²) in [6, 6.07) is 5.06. The van der Waals surface area contributed by atoms with Gasteiger partial charge in [-0.2, -0.15) is 0 Å². The zero-order chi connectivity index (χ0) is 19.3. The Morgan fingerprint density at radius 3 is 2.67 bits per heavy atom. The summed E-state index contributed by atoms with van der Waals surface area (Å²) in [6.45, 7) is 4.76. The zero-order valence-electron chi connectivity index (χ0n) is 15.1. The molecule has 1 unspecified atom stereocenters. The van der Waals surface area contributed by atoms with Crippen LogP contribution in [0.1, 0.15) is 6.92 Å². The topological polar surface area (TPSA) is 107 Å². The second kappa shape index (κ2) is 6.54. The van der Waals surface area contributed by atoms with Crippen molar-refractivity contribution in [3.8, 4) is 5.75 Å². The number of likely N-dealkylation sites (tertiary alicyclic amines) is 1. The van der Waals surface area contributed by atoms with E-state index >= 15 is 0 Å². The van der Waals surface area contributed by atoms with Gasteiger partial charge < -0.3 is 15.0 Å². The van der Waals surface area contributed by atoms with E-state index in [0.29, 0.717) is 16.6 Å². The predicted molar refractivity (Wildman–Crippen MR) is 104 cm³/mol. The van der Waals surface area contributed by atoms with Gasteiger partial charge in [0.2, 0.25) is 11.2 Å². The fourth-order valence-electron chi connectivity index (χ4n) is 3.49. The first-order valence-corrected chi connectivity index (χ1v) is 9.82. The molecule has 9 nitrogen and oxygen atoms in total. The first-order chi connectivity index (χ1) is 12.9. The Morgan fingerprint density at radius 2 is 2.04 bits per heavy atom. The molecule has 2 saturated heterocycles. The third kappa shape index (κ3) is 3.04. The summed E-state index contributed by atoms with van der Waals surface area (Å²) < 4.78 is 17.1. The van der Waals surface area contributed by atoms with Crippen LogP contribution in [0.15, 0.2) is 23.0 Å². The van der Waals surface area contributed by atoms with E-state index in [9.17, 15) is 18.9 Å². The predicted octanol–water partition coefficient (Wildman–Crippen LogP) is -0.125. The van der Waals surface area contributed by atoms with Gasteiger partial charge in [-0.3, -0.25) is 23.5 Å². The van der Waals surface area contributed by atoms with Gasteiger partial charge in [0.05, 0.1) is 17.2 Å². The standard InChI is InChI=1S/C17H21N5O4S/c1-3-21-7-11(8-21)18-12-4-10-5-14(22-9-16(24)19-27(22)26)15(23)6-13(10)20(2)17(12)25/h4-6,11,18,23H,3,7-9H2,1-2H3,(H,19,24). The quantitative estimate of drug-likeness (QED) is 0.671. The van der Waals surface area contributed by atoms with Crippen LogP contribution >= 0.6 is 0 Å². The third-order valence-electron chi connectivity index (χ3n) is 5.04. The monoisotopic (exact) mass is 391 g/mol. The van der Waals surface area contributed by atoms with Crippen molar-refractivity contribution in [1.82, 2.24) is 14.2 Å². The van der Waals surface area contributed by atoms with E-state index in [1.165, 1.54) is 14.9 Å². The van der Waals surface area contributed by atoms with Gasteiger partial charge in [-0.05, 0) is 18.7 Å². The van der Waals surface area contributed by atoms with Crippen molar-refractivity contribution in [2.24, 2.45) is 7.05 Å². The summed E-state index contributed by atoms with van der Waals surface area (Å²) in [7, 11) is 1.65. The molecule has 1 amide bonds. The molecule has 1 atom stereocenters. The number of nitrogens with zero attached hydrogens (tertiary/aromatic N) is 3. The number of hydrogen-bond acceptors (Lipinski definition) is 6. The van der Waals surface area contributed by atoms with Gasteiger partial charge in [0.15, 0.2) is 0 Å². The van der Waals surface area contributed by atoms with E-state index in [1.807, 2.05) is 0 Å². The maximum absolute atomic E-state index is 12.6. The molecule has 3 heterocycles. The van der Waals surface area contributed by atoms with Crippen molar-refractivity contribution < 1.29 is 14.1 Å². The molecule has 0 bridgehead atoms. The summed E-state index contributed by atoms with van der Waals surface area (Å²) in [6.07, 6.45) is 0. The highest BCUT2D eigenvalue weighted by molar-refractivity contribution is 7.85. The number of amides is 1. The highest BCUT2D eigenvalue weighted by Gasteiger charge is 2.30. The summed E-state index contributed by atoms with van der Waals surface area (Å²) in [4.78, 5) is 26.4. The number of phenolic OH excluding ortho intramolecular Hbond substituents is 1. The number of fused-ring (bicyclic) bond motifs is 1. The van der Waals surface area contributed by atoms with Crippen LogP contribution in [0.3, 0.4) is 0 Å². The van der Waals surface area contributed by atoms with Crippen LogP contribution in [0.4, 0.5) is 11.4 Å². The van der Waals surface area contributed by atoms with E-state index in [1.54, 1.807) is 19.2 Å². The number of anilines is 2. The number of nitrogens with one attached hydrogen (secondary N) is 2. The number of aromatic nitrogens is 1. The Labute approximate surface area is 158 Å². The first kappa shape index (κ1) is 17.8. The van der Waals surface area contributed by atoms with Crippen molar-refractivity contribution >= 4 is 39.4 Å². The van der Waals surface area contributed by atoms with Crippen LogP contribution in [0.25, 0.3) is 10.9 Å². The Hall–Kier alpha value is -2.59. The van der Waals surface area contributed by atoms with E-state index in [-0.39, 0.29) is 35.5 Å². The Morgan fingerprint density at radius 1 is 1.30 bits per heavy atom. The Bertz CT molecular complexity index is 1010. The Balaban J connectivity index is 1.73. The number of carbonyl (C=O) groups excluding carboxylic acids is 1. The molecule has 2 fully saturated rings. The van der Waals surface area contributed by atoms with E-state index in [0.717, 1.165) is 19.6 Å². The molecule has 144 valence electrons. The minimum atomic E-state index is -1.73. The molecule has 2 aromatic rings. The largest absolute Gasteiger partial charge is 0.506 e. The molecule has 0 spiro atoms. The maximum atomic E-state index is 12.6. The molecule has 2 aliphatic heterocycles. The number of carbonyl (C=O) groups is 1. The van der Waals surface area contributed by atoms with Gasteiger partial charge in [-0.15, -0.1) is 0 Å². The van der Waals surface area contributed by atoms with Gasteiger partial charge in [-0.25, -0.2) is 4.21 Å². The van der Waals surface area contributed by atoms with Crippen LogP contribution < -0.4 is 19.9 Å². The normalized spacial score (nSPS) is 20.7. The van der Waals surface area contributed by atoms with Crippen molar-refractivity contribution in [1.29, 1.82) is 0 Å². The van der Waals surface area contributed by atoms with Gasteiger partial charge >= 0.3 is 0 Å². The maximum Gasteiger partial charge on any atom is 0.274 e. The van der Waals surface area contributed by atoms with Crippen molar-refractivity contribution in [3.05, 3.63) is 28.6 Å². The van der Waals surface area contributed by atoms with E-state index in [4.69, 9.17) is 0 Å². The summed E-state index contributed by atoms with van der Waals surface area (Å²) in [5.74, 6) is -0.512. The molecule has 2 aliphatic rings. The number of pyridine rings is 1. The second-order valence-corrected chi connectivity index (χ2v) is 7.97. The molecule has 0 saturated carbocycles. The molecule has 10 heteroatoms. The fraction of sp³-hybridized carbons (Fsp3) is 0.412. The molecule has 0 aliphatic carbocycles. The number of aryl methyl sites for hydroxylation is 1. The van der Waals surface area contributed by atoms with Crippen molar-refractivity contribution in [3.63, 3.8) is 0 Å². The summed E-state index contributed by atoms with van der Waals surface area (Å²) in [5, 5.41) is 14.3. The third-order valence-corrected chi connectivity index (χ3v) is 6.17. The molecule has 27 heavy (non-hydrogen) atoms. The lowest BCUT2D eigenvalue weighted by Crippen LogP contribution is -2.54. The summed E-state index contributed by atoms with van der Waals surface area (Å²) >= 11 is -1.73. The van der Waals surface area contributed by atoms with Crippen LogP contribution in [0, 0.1) is 0 Å². The van der Waals surface area contributed by atoms with Gasteiger partial charge in [0.1, 0.15) is 18.0 Å². The number of phenols is 1. The highest BCUT2D eigenvalue weighted by Crippen LogP contribution is 2.34. The number of benzene rings is 1. The minimum absolute atomic E-state index is 0.0997. The number of rotatable bonds is 4. The lowest BCUT2D eigenvalue weighted by atomic mass is 10.1. The second-order valence-electron chi connectivity index (χ2n) is 6.83. The average molecular weight is 391 g/mol. The Kier molecular flexibility index (Phi) is 4.31. The first-order valence-electron chi connectivity index (χ1n) is 8.72. The van der Waals surface area contributed by atoms with E-state index in [2.05, 4.69) is 21.9 Å². The fourth-order valence-corrected chi connectivity index (χ4v) is 4.41. The lowest BCUT2D eigenvalue weighted by molar-refractivity contribution is -0.117. The van der Waals surface area contributed by atoms with Crippen molar-refractivity contribution in [2.75, 3.05) is 35.8 Å². The smallest absolute Gasteiger partial charge is 0.274 e. The van der Waals surface area contributed by atoms with Gasteiger partial charge in [0, 0.05) is 31.6 Å². The number of hydrogen-bond donors (Lipinski definition) is 3. The van der Waals surface area contributed by atoms with Crippen LogP contribution in [-0.4, -0.2) is 56.9 Å². The lowest BCUT2D eigenvalue weighted by Gasteiger charge is -2.39. The van der Waals surface area contributed by atoms with Crippen LogP contribution in [0.5, 0.6) is 5.75 Å². The van der Waals surface area contributed by atoms with Crippen LogP contribution in [0.2, 0.25) is 0 Å². The van der Waals surface area contributed by atoms with Crippen LogP contribution in [-0.2, 0) is 23.0 Å². The van der Waals surface area contributed by atoms with E-state index < -0.39 is 11.2 Å². The zero-order valence-corrected chi connectivity index (χ0v) is 15.9. The SMILES string of the molecule is CCN1CC(Nc2cc3cc(N4CC(=O)NS4=O)c(O)cc3n(C)c2=O)C1. The molecule has 1 aromatic heterocycles. The molecular weight excluding hydrogens is 370 g/mol. The summed E-state index contributed by atoms with van der Waals surface area (Å²) in [5.41, 5.74) is 1.15. The molecule has 4 rings (SSSR count). The number of likely N-dealkylation sites (N-methyl/N-ethyl adjacent to an activating group) is 1. The highest BCUT2D eigenvalue weighted by atomic mass is 32.2.